The maximum atomic E-state index is 5.71. The smallest absolute Gasteiger partial charge is 0.0316 e. The molecule has 0 aromatic heterocycles. The highest BCUT2D eigenvalue weighted by atomic mass is 14.8. The molecule has 2 nitrogen and oxygen atoms in total. The number of nitrogen functional groups attached to an aromatic ring is 1. The van der Waals surface area contributed by atoms with E-state index in [4.69, 9.17) is 5.73 Å². The molecule has 0 unspecified atom stereocenters. The minimum atomic E-state index is 0.860. The molecule has 0 fully saturated rings. The summed E-state index contributed by atoms with van der Waals surface area (Å²) >= 11 is 0. The van der Waals surface area contributed by atoms with Gasteiger partial charge in [0, 0.05) is 5.69 Å². The van der Waals surface area contributed by atoms with Gasteiger partial charge >= 0.3 is 0 Å². The lowest BCUT2D eigenvalue weighted by molar-refractivity contribution is 0.617. The van der Waals surface area contributed by atoms with Gasteiger partial charge in [-0.1, -0.05) is 31.9 Å². The third kappa shape index (κ3) is 5.43. The number of hydrogen-bond acceptors (Lipinski definition) is 2. The van der Waals surface area contributed by atoms with Crippen molar-refractivity contribution >= 4 is 5.69 Å². The third-order valence-corrected chi connectivity index (χ3v) is 2.50. The van der Waals surface area contributed by atoms with E-state index < -0.39 is 0 Å². The normalized spacial score (nSPS) is 10.5. The molecule has 15 heavy (non-hydrogen) atoms. The number of unbranched alkanes of at least 4 members (excludes halogenated alkanes) is 2. The minimum absolute atomic E-state index is 0.860. The van der Waals surface area contributed by atoms with E-state index in [0.29, 0.717) is 0 Å². The molecule has 0 aliphatic heterocycles. The van der Waals surface area contributed by atoms with Crippen LogP contribution < -0.4 is 11.1 Å². The number of hydrogen-bond donors (Lipinski definition) is 2. The summed E-state index contributed by atoms with van der Waals surface area (Å²) in [6.45, 7) is 4.41. The molecule has 2 heteroatoms. The number of nitrogens with two attached hydrogens (primary N) is 1. The van der Waals surface area contributed by atoms with E-state index in [0.717, 1.165) is 25.2 Å². The van der Waals surface area contributed by atoms with E-state index in [1.165, 1.54) is 24.8 Å². The molecule has 0 radical (unpaired) electrons. The van der Waals surface area contributed by atoms with Crippen LogP contribution in [0.25, 0.3) is 0 Å². The Bertz CT molecular complexity index is 271. The van der Waals surface area contributed by atoms with Gasteiger partial charge in [0.1, 0.15) is 0 Å². The Balaban J connectivity index is 2.10. The van der Waals surface area contributed by atoms with Crippen molar-refractivity contribution in [3.63, 3.8) is 0 Å². The summed E-state index contributed by atoms with van der Waals surface area (Å²) < 4.78 is 0. The Morgan fingerprint density at radius 3 is 2.80 bits per heavy atom. The second-order valence-corrected chi connectivity index (χ2v) is 3.95. The van der Waals surface area contributed by atoms with Gasteiger partial charge < -0.3 is 11.1 Å². The number of anilines is 1. The van der Waals surface area contributed by atoms with Crippen LogP contribution in [0.3, 0.4) is 0 Å². The van der Waals surface area contributed by atoms with E-state index in [9.17, 15) is 0 Å². The van der Waals surface area contributed by atoms with Gasteiger partial charge in [0.05, 0.1) is 0 Å². The standard InChI is InChI=1S/C13H22N2/c1-2-3-4-9-15-10-8-12-6-5-7-13(14)11-12/h5-7,11,15H,2-4,8-10,14H2,1H3. The summed E-state index contributed by atoms with van der Waals surface area (Å²) in [7, 11) is 0. The van der Waals surface area contributed by atoms with Crippen molar-refractivity contribution in [3.05, 3.63) is 29.8 Å². The van der Waals surface area contributed by atoms with Crippen LogP contribution in [0.2, 0.25) is 0 Å². The fourth-order valence-electron chi connectivity index (χ4n) is 1.61. The lowest BCUT2D eigenvalue weighted by atomic mass is 10.1. The van der Waals surface area contributed by atoms with E-state index in [1.54, 1.807) is 0 Å². The van der Waals surface area contributed by atoms with E-state index in [2.05, 4.69) is 18.3 Å². The second kappa shape index (κ2) is 7.30. The average molecular weight is 206 g/mol. The first-order chi connectivity index (χ1) is 7.33. The topological polar surface area (TPSA) is 38.0 Å². The predicted octanol–water partition coefficient (Wildman–Crippen LogP) is 2.59. The van der Waals surface area contributed by atoms with Crippen LogP contribution in [0.4, 0.5) is 5.69 Å². The molecule has 84 valence electrons. The van der Waals surface area contributed by atoms with Gasteiger partial charge in [-0.15, -0.1) is 0 Å². The lowest BCUT2D eigenvalue weighted by Crippen LogP contribution is -2.18. The highest BCUT2D eigenvalue weighted by Gasteiger charge is 1.93. The molecule has 1 aromatic carbocycles. The molecule has 0 aliphatic carbocycles. The fourth-order valence-corrected chi connectivity index (χ4v) is 1.61. The Kier molecular flexibility index (Phi) is 5.86. The zero-order valence-corrected chi connectivity index (χ0v) is 9.63. The summed E-state index contributed by atoms with van der Waals surface area (Å²) in [5, 5.41) is 3.45. The molecule has 1 aromatic rings. The number of rotatable bonds is 7. The molecule has 0 aliphatic rings. The van der Waals surface area contributed by atoms with E-state index >= 15 is 0 Å². The summed E-state index contributed by atoms with van der Waals surface area (Å²) in [4.78, 5) is 0. The van der Waals surface area contributed by atoms with Gasteiger partial charge in [-0.2, -0.15) is 0 Å². The van der Waals surface area contributed by atoms with Crippen molar-refractivity contribution in [2.75, 3.05) is 18.8 Å². The number of benzene rings is 1. The quantitative estimate of drug-likeness (QED) is 0.531. The first-order valence-electron chi connectivity index (χ1n) is 5.88. The monoisotopic (exact) mass is 206 g/mol. The SMILES string of the molecule is CCCCCNCCc1cccc(N)c1. The maximum absolute atomic E-state index is 5.71. The van der Waals surface area contributed by atoms with Crippen LogP contribution in [-0.4, -0.2) is 13.1 Å². The molecule has 0 heterocycles. The molecule has 0 amide bonds. The Hall–Kier alpha value is -1.02. The maximum Gasteiger partial charge on any atom is 0.0316 e. The van der Waals surface area contributed by atoms with Crippen LogP contribution in [0, 0.1) is 0 Å². The molecule has 0 atom stereocenters. The van der Waals surface area contributed by atoms with Crippen LogP contribution in [0.5, 0.6) is 0 Å². The zero-order chi connectivity index (χ0) is 10.9. The molecule has 0 bridgehead atoms. The van der Waals surface area contributed by atoms with Gasteiger partial charge in [-0.25, -0.2) is 0 Å². The van der Waals surface area contributed by atoms with Crippen molar-refractivity contribution in [3.8, 4) is 0 Å². The van der Waals surface area contributed by atoms with E-state index in [1.807, 2.05) is 18.2 Å². The third-order valence-electron chi connectivity index (χ3n) is 2.50. The molecule has 3 N–H and O–H groups in total. The van der Waals surface area contributed by atoms with Crippen LogP contribution in [0.1, 0.15) is 31.7 Å². The Morgan fingerprint density at radius 1 is 1.20 bits per heavy atom. The van der Waals surface area contributed by atoms with Crippen molar-refractivity contribution in [2.24, 2.45) is 0 Å². The Labute approximate surface area is 92.9 Å². The largest absolute Gasteiger partial charge is 0.399 e. The van der Waals surface area contributed by atoms with Crippen LogP contribution in [-0.2, 0) is 6.42 Å². The van der Waals surface area contributed by atoms with Gasteiger partial charge in [0.2, 0.25) is 0 Å². The first-order valence-corrected chi connectivity index (χ1v) is 5.88. The summed E-state index contributed by atoms with van der Waals surface area (Å²) in [5.74, 6) is 0. The Morgan fingerprint density at radius 2 is 2.07 bits per heavy atom. The molecule has 0 spiro atoms. The molecular formula is C13H22N2. The second-order valence-electron chi connectivity index (χ2n) is 3.95. The fraction of sp³-hybridized carbons (Fsp3) is 0.538. The lowest BCUT2D eigenvalue weighted by Gasteiger charge is -2.04. The van der Waals surface area contributed by atoms with Crippen molar-refractivity contribution in [1.82, 2.24) is 5.32 Å². The van der Waals surface area contributed by atoms with Crippen molar-refractivity contribution in [2.45, 2.75) is 32.6 Å². The average Bonchev–Trinajstić information content (AvgIpc) is 2.23. The number of nitrogens with one attached hydrogen (secondary N) is 1. The van der Waals surface area contributed by atoms with Gasteiger partial charge in [-0.05, 0) is 43.6 Å². The zero-order valence-electron chi connectivity index (χ0n) is 9.63. The van der Waals surface area contributed by atoms with E-state index in [-0.39, 0.29) is 0 Å². The summed E-state index contributed by atoms with van der Waals surface area (Å²) in [6.07, 6.45) is 4.97. The molecule has 0 saturated carbocycles. The van der Waals surface area contributed by atoms with Gasteiger partial charge in [0.15, 0.2) is 0 Å². The predicted molar refractivity (Wildman–Crippen MR) is 67.0 cm³/mol. The highest BCUT2D eigenvalue weighted by Crippen LogP contribution is 2.06. The summed E-state index contributed by atoms with van der Waals surface area (Å²) in [5.41, 5.74) is 7.89. The van der Waals surface area contributed by atoms with Gasteiger partial charge in [-0.3, -0.25) is 0 Å². The highest BCUT2D eigenvalue weighted by molar-refractivity contribution is 5.40. The van der Waals surface area contributed by atoms with Crippen LogP contribution >= 0.6 is 0 Å². The van der Waals surface area contributed by atoms with Crippen molar-refractivity contribution in [1.29, 1.82) is 0 Å². The molecule has 0 saturated heterocycles. The minimum Gasteiger partial charge on any atom is -0.399 e. The van der Waals surface area contributed by atoms with Crippen LogP contribution in [0.15, 0.2) is 24.3 Å². The molecule has 1 rings (SSSR count). The molecular weight excluding hydrogens is 184 g/mol. The van der Waals surface area contributed by atoms with Crippen molar-refractivity contribution < 1.29 is 0 Å². The first kappa shape index (κ1) is 12.1. The van der Waals surface area contributed by atoms with Gasteiger partial charge in [0.25, 0.3) is 0 Å². The summed E-state index contributed by atoms with van der Waals surface area (Å²) in [6, 6.07) is 8.12.